The molecule has 0 bridgehead atoms. The Balaban J connectivity index is 1.89. The zero-order valence-electron chi connectivity index (χ0n) is 9.72. The average molecular weight is 273 g/mol. The molecule has 0 saturated carbocycles. The number of anilines is 1. The van der Waals surface area contributed by atoms with Crippen LogP contribution >= 0.6 is 11.6 Å². The van der Waals surface area contributed by atoms with Crippen molar-refractivity contribution in [2.45, 2.75) is 0 Å². The summed E-state index contributed by atoms with van der Waals surface area (Å²) in [6.07, 6.45) is 0. The SMILES string of the molecule is O=C(Nc1ccccc1Cl)c1ccc2[nH]nnc2c1. The Morgan fingerprint density at radius 1 is 1.21 bits per heavy atom. The third-order valence-corrected chi connectivity index (χ3v) is 3.04. The lowest BCUT2D eigenvalue weighted by Crippen LogP contribution is -2.12. The molecular weight excluding hydrogens is 264 g/mol. The van der Waals surface area contributed by atoms with Gasteiger partial charge in [0.05, 0.1) is 16.2 Å². The van der Waals surface area contributed by atoms with E-state index in [0.717, 1.165) is 5.52 Å². The zero-order chi connectivity index (χ0) is 13.2. The van der Waals surface area contributed by atoms with E-state index in [-0.39, 0.29) is 5.91 Å². The van der Waals surface area contributed by atoms with Crippen molar-refractivity contribution >= 4 is 34.2 Å². The van der Waals surface area contributed by atoms with Gasteiger partial charge in [0.2, 0.25) is 0 Å². The molecule has 6 heteroatoms. The summed E-state index contributed by atoms with van der Waals surface area (Å²) in [6.45, 7) is 0. The van der Waals surface area contributed by atoms with Crippen molar-refractivity contribution in [3.8, 4) is 0 Å². The highest BCUT2D eigenvalue weighted by Crippen LogP contribution is 2.21. The third-order valence-electron chi connectivity index (χ3n) is 2.71. The molecule has 5 nitrogen and oxygen atoms in total. The summed E-state index contributed by atoms with van der Waals surface area (Å²) in [5.41, 5.74) is 2.51. The van der Waals surface area contributed by atoms with E-state index in [4.69, 9.17) is 11.6 Å². The van der Waals surface area contributed by atoms with E-state index >= 15 is 0 Å². The fourth-order valence-corrected chi connectivity index (χ4v) is 1.92. The average Bonchev–Trinajstić information content (AvgIpc) is 2.88. The molecule has 0 atom stereocenters. The second-order valence-corrected chi connectivity index (χ2v) is 4.38. The first-order valence-corrected chi connectivity index (χ1v) is 5.98. The number of nitrogens with zero attached hydrogens (tertiary/aromatic N) is 2. The molecule has 2 N–H and O–H groups in total. The molecule has 1 heterocycles. The Morgan fingerprint density at radius 2 is 2.05 bits per heavy atom. The molecule has 0 radical (unpaired) electrons. The summed E-state index contributed by atoms with van der Waals surface area (Å²) in [5.74, 6) is -0.238. The van der Waals surface area contributed by atoms with Crippen LogP contribution < -0.4 is 5.32 Å². The van der Waals surface area contributed by atoms with Gasteiger partial charge < -0.3 is 5.32 Å². The highest BCUT2D eigenvalue weighted by Gasteiger charge is 2.09. The molecule has 1 amide bonds. The van der Waals surface area contributed by atoms with Crippen LogP contribution in [0.4, 0.5) is 5.69 Å². The van der Waals surface area contributed by atoms with Crippen molar-refractivity contribution in [2.24, 2.45) is 0 Å². The standard InChI is InChI=1S/C13H9ClN4O/c14-9-3-1-2-4-10(9)15-13(19)8-5-6-11-12(7-8)17-18-16-11/h1-7H,(H,15,19)(H,16,17,18). The van der Waals surface area contributed by atoms with Crippen LogP contribution in [-0.2, 0) is 0 Å². The Hall–Kier alpha value is -2.40. The first-order valence-electron chi connectivity index (χ1n) is 5.61. The van der Waals surface area contributed by atoms with Crippen LogP contribution in [0.25, 0.3) is 11.0 Å². The molecule has 0 spiro atoms. The van der Waals surface area contributed by atoms with Crippen LogP contribution in [0.3, 0.4) is 0 Å². The number of hydrogen-bond donors (Lipinski definition) is 2. The van der Waals surface area contributed by atoms with Crippen LogP contribution in [-0.4, -0.2) is 21.3 Å². The number of aromatic amines is 1. The van der Waals surface area contributed by atoms with Gasteiger partial charge in [0, 0.05) is 5.56 Å². The molecule has 0 saturated heterocycles. The van der Waals surface area contributed by atoms with Crippen LogP contribution in [0.2, 0.25) is 5.02 Å². The van der Waals surface area contributed by atoms with Gasteiger partial charge in [-0.25, -0.2) is 0 Å². The van der Waals surface area contributed by atoms with Crippen molar-refractivity contribution in [3.05, 3.63) is 53.1 Å². The van der Waals surface area contributed by atoms with E-state index in [0.29, 0.717) is 21.8 Å². The minimum absolute atomic E-state index is 0.238. The topological polar surface area (TPSA) is 70.7 Å². The maximum atomic E-state index is 12.1. The number of nitrogens with one attached hydrogen (secondary N) is 2. The third kappa shape index (κ3) is 2.28. The summed E-state index contributed by atoms with van der Waals surface area (Å²) in [5, 5.41) is 13.5. The van der Waals surface area contributed by atoms with Gasteiger partial charge in [-0.05, 0) is 30.3 Å². The number of carbonyl (C=O) groups is 1. The van der Waals surface area contributed by atoms with E-state index in [9.17, 15) is 4.79 Å². The lowest BCUT2D eigenvalue weighted by Gasteiger charge is -2.06. The molecule has 0 aliphatic heterocycles. The van der Waals surface area contributed by atoms with Gasteiger partial charge in [-0.1, -0.05) is 28.9 Å². The van der Waals surface area contributed by atoms with Crippen molar-refractivity contribution in [1.29, 1.82) is 0 Å². The molecule has 0 fully saturated rings. The van der Waals surface area contributed by atoms with E-state index in [1.807, 2.05) is 6.07 Å². The lowest BCUT2D eigenvalue weighted by atomic mass is 10.2. The molecule has 19 heavy (non-hydrogen) atoms. The minimum atomic E-state index is -0.238. The van der Waals surface area contributed by atoms with Gasteiger partial charge in [0.15, 0.2) is 0 Å². The van der Waals surface area contributed by atoms with Crippen molar-refractivity contribution in [1.82, 2.24) is 15.4 Å². The highest BCUT2D eigenvalue weighted by molar-refractivity contribution is 6.33. The molecule has 3 rings (SSSR count). The van der Waals surface area contributed by atoms with E-state index < -0.39 is 0 Å². The monoisotopic (exact) mass is 272 g/mol. The molecule has 0 unspecified atom stereocenters. The number of rotatable bonds is 2. The normalized spacial score (nSPS) is 10.6. The van der Waals surface area contributed by atoms with Gasteiger partial charge in [-0.3, -0.25) is 9.89 Å². The molecule has 94 valence electrons. The van der Waals surface area contributed by atoms with Gasteiger partial charge >= 0.3 is 0 Å². The fourth-order valence-electron chi connectivity index (χ4n) is 1.74. The molecule has 0 aliphatic rings. The van der Waals surface area contributed by atoms with Crippen LogP contribution in [0, 0.1) is 0 Å². The number of amides is 1. The number of hydrogen-bond acceptors (Lipinski definition) is 3. The number of halogens is 1. The molecule has 2 aromatic carbocycles. The van der Waals surface area contributed by atoms with Gasteiger partial charge in [-0.2, -0.15) is 0 Å². The van der Waals surface area contributed by atoms with Crippen LogP contribution in [0.1, 0.15) is 10.4 Å². The predicted octanol–water partition coefficient (Wildman–Crippen LogP) is 2.86. The summed E-state index contributed by atoms with van der Waals surface area (Å²) in [7, 11) is 0. The number of fused-ring (bicyclic) bond motifs is 1. The van der Waals surface area contributed by atoms with E-state index in [1.54, 1.807) is 36.4 Å². The Labute approximate surface area is 113 Å². The molecule has 0 aliphatic carbocycles. The summed E-state index contributed by atoms with van der Waals surface area (Å²) >= 11 is 5.99. The Bertz CT molecular complexity index is 753. The number of para-hydroxylation sites is 1. The second-order valence-electron chi connectivity index (χ2n) is 3.98. The number of carbonyl (C=O) groups excluding carboxylic acids is 1. The minimum Gasteiger partial charge on any atom is -0.321 e. The Kier molecular flexibility index (Phi) is 2.89. The van der Waals surface area contributed by atoms with Gasteiger partial charge in [0.25, 0.3) is 5.91 Å². The Morgan fingerprint density at radius 3 is 2.89 bits per heavy atom. The maximum absolute atomic E-state index is 12.1. The van der Waals surface area contributed by atoms with Gasteiger partial charge in [0.1, 0.15) is 5.52 Å². The first kappa shape index (κ1) is 11.7. The molecule has 1 aromatic heterocycles. The maximum Gasteiger partial charge on any atom is 0.255 e. The van der Waals surface area contributed by atoms with Crippen LogP contribution in [0.5, 0.6) is 0 Å². The summed E-state index contributed by atoms with van der Waals surface area (Å²) in [6, 6.07) is 12.2. The van der Waals surface area contributed by atoms with Crippen molar-refractivity contribution in [2.75, 3.05) is 5.32 Å². The summed E-state index contributed by atoms with van der Waals surface area (Å²) in [4.78, 5) is 12.1. The smallest absolute Gasteiger partial charge is 0.255 e. The molecular formula is C13H9ClN4O. The van der Waals surface area contributed by atoms with Crippen LogP contribution in [0.15, 0.2) is 42.5 Å². The largest absolute Gasteiger partial charge is 0.321 e. The molecule has 3 aromatic rings. The number of benzene rings is 2. The highest BCUT2D eigenvalue weighted by atomic mass is 35.5. The lowest BCUT2D eigenvalue weighted by molar-refractivity contribution is 0.102. The zero-order valence-corrected chi connectivity index (χ0v) is 10.5. The van der Waals surface area contributed by atoms with Crippen molar-refractivity contribution in [3.63, 3.8) is 0 Å². The quantitative estimate of drug-likeness (QED) is 0.753. The number of aromatic nitrogens is 3. The summed E-state index contributed by atoms with van der Waals surface area (Å²) < 4.78 is 0. The first-order chi connectivity index (χ1) is 9.24. The predicted molar refractivity (Wildman–Crippen MR) is 73.3 cm³/mol. The number of H-pyrrole nitrogens is 1. The fraction of sp³-hybridized carbons (Fsp3) is 0. The van der Waals surface area contributed by atoms with E-state index in [1.165, 1.54) is 0 Å². The van der Waals surface area contributed by atoms with E-state index in [2.05, 4.69) is 20.7 Å². The van der Waals surface area contributed by atoms with Gasteiger partial charge in [-0.15, -0.1) is 5.10 Å². The second kappa shape index (κ2) is 4.70. The van der Waals surface area contributed by atoms with Crippen molar-refractivity contribution < 1.29 is 4.79 Å².